The van der Waals surface area contributed by atoms with Crippen LogP contribution >= 0.6 is 0 Å². The van der Waals surface area contributed by atoms with Crippen molar-refractivity contribution < 1.29 is 13.9 Å². The van der Waals surface area contributed by atoms with Gasteiger partial charge in [-0.3, -0.25) is 0 Å². The summed E-state index contributed by atoms with van der Waals surface area (Å²) in [5, 5.41) is 3.00. The minimum Gasteiger partial charge on any atom is -0.467 e. The maximum absolute atomic E-state index is 12.6. The van der Waals surface area contributed by atoms with Gasteiger partial charge in [-0.2, -0.15) is 0 Å². The molecule has 0 saturated carbocycles. The first-order valence-corrected chi connectivity index (χ1v) is 7.62. The highest BCUT2D eigenvalue weighted by Crippen LogP contribution is 2.33. The van der Waals surface area contributed by atoms with Gasteiger partial charge in [-0.05, 0) is 48.2 Å². The Morgan fingerprint density at radius 2 is 2.14 bits per heavy atom. The number of benzene rings is 1. The summed E-state index contributed by atoms with van der Waals surface area (Å²) >= 11 is 0. The molecule has 1 atom stereocenters. The van der Waals surface area contributed by atoms with Gasteiger partial charge in [0.25, 0.3) is 0 Å². The number of nitrogens with one attached hydrogen (secondary N) is 1. The Balaban J connectivity index is 1.49. The fraction of sp³-hybridized carbons (Fsp3) is 0.353. The van der Waals surface area contributed by atoms with Gasteiger partial charge in [-0.25, -0.2) is 4.79 Å². The van der Waals surface area contributed by atoms with Crippen LogP contribution in [-0.2, 0) is 18.0 Å². The van der Waals surface area contributed by atoms with E-state index in [1.165, 1.54) is 5.56 Å². The van der Waals surface area contributed by atoms with Gasteiger partial charge in [0.1, 0.15) is 5.76 Å². The van der Waals surface area contributed by atoms with Gasteiger partial charge in [0.2, 0.25) is 0 Å². The number of furan rings is 1. The first-order chi connectivity index (χ1) is 10.8. The Kier molecular flexibility index (Phi) is 3.35. The molecule has 1 fully saturated rings. The van der Waals surface area contributed by atoms with E-state index >= 15 is 0 Å². The van der Waals surface area contributed by atoms with E-state index < -0.39 is 0 Å². The third-order valence-electron chi connectivity index (χ3n) is 4.36. The van der Waals surface area contributed by atoms with E-state index in [4.69, 9.17) is 9.15 Å². The Hall–Kier alpha value is -2.27. The molecule has 114 valence electrons. The highest BCUT2D eigenvalue weighted by molar-refractivity contribution is 5.90. The zero-order chi connectivity index (χ0) is 14.9. The van der Waals surface area contributed by atoms with Gasteiger partial charge in [0.15, 0.2) is 0 Å². The second-order valence-electron chi connectivity index (χ2n) is 5.77. The number of hydrogen-bond donors (Lipinski definition) is 1. The number of carbonyl (C=O) groups excluding carboxylic acids is 1. The molecular formula is C17H18N2O3. The normalized spacial score (nSPS) is 20.2. The number of rotatable bonds is 2. The quantitative estimate of drug-likeness (QED) is 0.920. The number of likely N-dealkylation sites (tertiary alicyclic amines) is 1. The molecule has 5 nitrogen and oxygen atoms in total. The van der Waals surface area contributed by atoms with Gasteiger partial charge in [0, 0.05) is 12.2 Å². The number of hydrogen-bond acceptors (Lipinski definition) is 3. The Bertz CT molecular complexity index is 681. The molecule has 1 aromatic heterocycles. The van der Waals surface area contributed by atoms with Gasteiger partial charge < -0.3 is 19.4 Å². The summed E-state index contributed by atoms with van der Waals surface area (Å²) in [5.74, 6) is 0.856. The van der Waals surface area contributed by atoms with Crippen LogP contribution in [0.4, 0.5) is 10.5 Å². The standard InChI is InChI=1S/C17H18N2O3/c20-17(18-14-6-5-12-10-21-11-13(12)9-14)19-7-1-3-15(19)16-4-2-8-22-16/h2,4-6,8-9,15H,1,3,7,10-11H2,(H,18,20). The summed E-state index contributed by atoms with van der Waals surface area (Å²) in [6.45, 7) is 2.04. The molecule has 0 radical (unpaired) electrons. The van der Waals surface area contributed by atoms with Crippen molar-refractivity contribution in [2.24, 2.45) is 0 Å². The molecule has 4 rings (SSSR count). The maximum Gasteiger partial charge on any atom is 0.322 e. The lowest BCUT2D eigenvalue weighted by molar-refractivity contribution is 0.134. The van der Waals surface area contributed by atoms with Crippen molar-refractivity contribution in [2.45, 2.75) is 32.1 Å². The van der Waals surface area contributed by atoms with E-state index in [-0.39, 0.29) is 12.1 Å². The molecule has 1 N–H and O–H groups in total. The predicted molar refractivity (Wildman–Crippen MR) is 81.3 cm³/mol. The summed E-state index contributed by atoms with van der Waals surface area (Å²) in [5.41, 5.74) is 3.17. The van der Waals surface area contributed by atoms with Crippen molar-refractivity contribution in [3.63, 3.8) is 0 Å². The van der Waals surface area contributed by atoms with Crippen molar-refractivity contribution >= 4 is 11.7 Å². The number of fused-ring (bicyclic) bond motifs is 1. The van der Waals surface area contributed by atoms with Gasteiger partial charge in [-0.15, -0.1) is 0 Å². The van der Waals surface area contributed by atoms with Crippen LogP contribution in [-0.4, -0.2) is 17.5 Å². The van der Waals surface area contributed by atoms with Crippen LogP contribution in [0.5, 0.6) is 0 Å². The summed E-state index contributed by atoms with van der Waals surface area (Å²) in [7, 11) is 0. The fourth-order valence-electron chi connectivity index (χ4n) is 3.23. The van der Waals surface area contributed by atoms with Crippen LogP contribution in [0.25, 0.3) is 0 Å². The van der Waals surface area contributed by atoms with Crippen molar-refractivity contribution in [2.75, 3.05) is 11.9 Å². The van der Waals surface area contributed by atoms with Crippen molar-refractivity contribution in [1.29, 1.82) is 0 Å². The van der Waals surface area contributed by atoms with Crippen molar-refractivity contribution in [3.05, 3.63) is 53.5 Å². The highest BCUT2D eigenvalue weighted by atomic mass is 16.5. The average Bonchev–Trinajstić information content (AvgIpc) is 3.26. The average molecular weight is 298 g/mol. The van der Waals surface area contributed by atoms with Crippen molar-refractivity contribution in [3.8, 4) is 0 Å². The molecule has 5 heteroatoms. The molecule has 2 aliphatic rings. The van der Waals surface area contributed by atoms with E-state index in [9.17, 15) is 4.79 Å². The molecule has 2 aromatic rings. The van der Waals surface area contributed by atoms with Crippen LogP contribution in [0.1, 0.15) is 35.8 Å². The Morgan fingerprint density at radius 1 is 1.23 bits per heavy atom. The number of amides is 2. The SMILES string of the molecule is O=C(Nc1ccc2c(c1)COC2)N1CCCC1c1ccco1. The Labute approximate surface area is 128 Å². The smallest absolute Gasteiger partial charge is 0.322 e. The van der Waals surface area contributed by atoms with Gasteiger partial charge in [0.05, 0.1) is 25.5 Å². The number of anilines is 1. The van der Waals surface area contributed by atoms with Crippen molar-refractivity contribution in [1.82, 2.24) is 4.90 Å². The largest absolute Gasteiger partial charge is 0.467 e. The molecule has 2 amide bonds. The minimum atomic E-state index is -0.0715. The molecule has 1 unspecified atom stereocenters. The van der Waals surface area contributed by atoms with E-state index in [0.717, 1.165) is 36.4 Å². The van der Waals surface area contributed by atoms with E-state index in [0.29, 0.717) is 13.2 Å². The monoisotopic (exact) mass is 298 g/mol. The molecule has 3 heterocycles. The Morgan fingerprint density at radius 3 is 3.00 bits per heavy atom. The summed E-state index contributed by atoms with van der Waals surface area (Å²) in [6, 6.07) is 9.71. The minimum absolute atomic E-state index is 0.0350. The molecular weight excluding hydrogens is 280 g/mol. The third-order valence-corrected chi connectivity index (χ3v) is 4.36. The molecule has 22 heavy (non-hydrogen) atoms. The highest BCUT2D eigenvalue weighted by Gasteiger charge is 2.31. The molecule has 2 aliphatic heterocycles. The number of carbonyl (C=O) groups is 1. The predicted octanol–water partition coefficient (Wildman–Crippen LogP) is 3.68. The first-order valence-electron chi connectivity index (χ1n) is 7.62. The fourth-order valence-corrected chi connectivity index (χ4v) is 3.23. The van der Waals surface area contributed by atoms with Gasteiger partial charge in [-0.1, -0.05) is 6.07 Å². The molecule has 0 aliphatic carbocycles. The number of ether oxygens (including phenoxy) is 1. The van der Waals surface area contributed by atoms with Crippen LogP contribution in [0.15, 0.2) is 41.0 Å². The maximum atomic E-state index is 12.6. The molecule has 0 spiro atoms. The van der Waals surface area contributed by atoms with E-state index in [1.807, 2.05) is 35.2 Å². The van der Waals surface area contributed by atoms with Gasteiger partial charge >= 0.3 is 6.03 Å². The van der Waals surface area contributed by atoms with E-state index in [1.54, 1.807) is 6.26 Å². The lowest BCUT2D eigenvalue weighted by Crippen LogP contribution is -2.34. The summed E-state index contributed by atoms with van der Waals surface area (Å²) in [6.07, 6.45) is 3.60. The molecule has 1 aromatic carbocycles. The first kappa shape index (κ1) is 13.4. The van der Waals surface area contributed by atoms with E-state index in [2.05, 4.69) is 5.32 Å². The lowest BCUT2D eigenvalue weighted by atomic mass is 10.1. The summed E-state index contributed by atoms with van der Waals surface area (Å²) < 4.78 is 10.9. The number of nitrogens with zero attached hydrogens (tertiary/aromatic N) is 1. The van der Waals surface area contributed by atoms with Crippen LogP contribution in [0.2, 0.25) is 0 Å². The third kappa shape index (κ3) is 2.37. The van der Waals surface area contributed by atoms with Crippen LogP contribution < -0.4 is 5.32 Å². The molecule has 0 bridgehead atoms. The lowest BCUT2D eigenvalue weighted by Gasteiger charge is -2.23. The zero-order valence-corrected chi connectivity index (χ0v) is 12.2. The van der Waals surface area contributed by atoms with Crippen LogP contribution in [0.3, 0.4) is 0 Å². The topological polar surface area (TPSA) is 54.7 Å². The second kappa shape index (κ2) is 5.50. The number of urea groups is 1. The second-order valence-corrected chi connectivity index (χ2v) is 5.77. The summed E-state index contributed by atoms with van der Waals surface area (Å²) in [4.78, 5) is 14.4. The zero-order valence-electron chi connectivity index (χ0n) is 12.2. The van der Waals surface area contributed by atoms with Crippen LogP contribution in [0, 0.1) is 0 Å². The molecule has 1 saturated heterocycles.